The van der Waals surface area contributed by atoms with Crippen molar-refractivity contribution in [3.63, 3.8) is 0 Å². The zero-order chi connectivity index (χ0) is 18.9. The number of hydrogen-bond acceptors (Lipinski definition) is 4. The van der Waals surface area contributed by atoms with Gasteiger partial charge in [0.2, 0.25) is 0 Å². The lowest BCUT2D eigenvalue weighted by Crippen LogP contribution is -2.57. The summed E-state index contributed by atoms with van der Waals surface area (Å²) < 4.78 is 92.4. The van der Waals surface area contributed by atoms with Crippen LogP contribution in [-0.4, -0.2) is 36.0 Å². The number of non-ortho nitro benzene ring substituents is 1. The molecule has 6 nitrogen and oxygen atoms in total. The number of rotatable bonds is 5. The SMILES string of the molecule is COc1cc([N+](=O)[O-])ccc1NC(=O)C(F)(F)C(F)(F)C(F)(F)F. The molecule has 1 aromatic rings. The molecule has 0 unspecified atom stereocenters. The maximum absolute atomic E-state index is 13.2. The van der Waals surface area contributed by atoms with Gasteiger partial charge in [0.05, 0.1) is 23.8 Å². The summed E-state index contributed by atoms with van der Waals surface area (Å²) in [6.45, 7) is 0. The first-order valence-corrected chi connectivity index (χ1v) is 5.72. The Labute approximate surface area is 128 Å². The summed E-state index contributed by atoms with van der Waals surface area (Å²) in [6.07, 6.45) is -6.67. The minimum Gasteiger partial charge on any atom is -0.494 e. The Kier molecular flexibility index (Phi) is 4.96. The molecule has 1 rings (SSSR count). The summed E-state index contributed by atoms with van der Waals surface area (Å²) in [5, 5.41) is 11.7. The third-order valence-electron chi connectivity index (χ3n) is 2.68. The molecule has 0 atom stereocenters. The molecule has 24 heavy (non-hydrogen) atoms. The molecular weight excluding hydrogens is 357 g/mol. The fraction of sp³-hybridized carbons (Fsp3) is 0.364. The molecular formula is C11H7F7N2O4. The number of nitro benzene ring substituents is 1. The smallest absolute Gasteiger partial charge is 0.460 e. The fourth-order valence-corrected chi connectivity index (χ4v) is 1.42. The predicted octanol–water partition coefficient (Wildman–Crippen LogP) is 3.37. The topological polar surface area (TPSA) is 81.5 Å². The van der Waals surface area contributed by atoms with Crippen LogP contribution in [0.3, 0.4) is 0 Å². The van der Waals surface area contributed by atoms with Gasteiger partial charge >= 0.3 is 23.9 Å². The van der Waals surface area contributed by atoms with Crippen molar-refractivity contribution in [3.8, 4) is 5.75 Å². The van der Waals surface area contributed by atoms with Gasteiger partial charge in [0.15, 0.2) is 0 Å². The highest BCUT2D eigenvalue weighted by atomic mass is 19.4. The van der Waals surface area contributed by atoms with Crippen molar-refractivity contribution in [2.75, 3.05) is 12.4 Å². The van der Waals surface area contributed by atoms with Crippen molar-refractivity contribution in [1.82, 2.24) is 0 Å². The molecule has 1 amide bonds. The first-order valence-electron chi connectivity index (χ1n) is 5.72. The number of halogens is 7. The van der Waals surface area contributed by atoms with Gasteiger partial charge in [-0.3, -0.25) is 14.9 Å². The van der Waals surface area contributed by atoms with Crippen LogP contribution in [0.15, 0.2) is 18.2 Å². The summed E-state index contributed by atoms with van der Waals surface area (Å²) in [5.41, 5.74) is -1.36. The molecule has 0 saturated carbocycles. The summed E-state index contributed by atoms with van der Waals surface area (Å²) in [6, 6.07) is 1.98. The van der Waals surface area contributed by atoms with Gasteiger partial charge < -0.3 is 10.1 Å². The number of alkyl halides is 7. The lowest BCUT2D eigenvalue weighted by atomic mass is 10.1. The van der Waals surface area contributed by atoms with E-state index in [9.17, 15) is 45.6 Å². The highest BCUT2D eigenvalue weighted by Gasteiger charge is 2.76. The lowest BCUT2D eigenvalue weighted by molar-refractivity contribution is -0.384. The Morgan fingerprint density at radius 3 is 2.12 bits per heavy atom. The first kappa shape index (κ1) is 19.4. The van der Waals surface area contributed by atoms with Crippen LogP contribution in [0, 0.1) is 10.1 Å². The monoisotopic (exact) mass is 364 g/mol. The Morgan fingerprint density at radius 2 is 1.71 bits per heavy atom. The van der Waals surface area contributed by atoms with Crippen molar-refractivity contribution in [3.05, 3.63) is 28.3 Å². The van der Waals surface area contributed by atoms with Crippen LogP contribution in [-0.2, 0) is 4.79 Å². The Hall–Kier alpha value is -2.60. The molecule has 0 aromatic heterocycles. The van der Waals surface area contributed by atoms with Gasteiger partial charge in [0, 0.05) is 6.07 Å². The molecule has 0 radical (unpaired) electrons. The zero-order valence-corrected chi connectivity index (χ0v) is 11.5. The summed E-state index contributed by atoms with van der Waals surface area (Å²) in [4.78, 5) is 20.8. The molecule has 1 aromatic carbocycles. The molecule has 0 bridgehead atoms. The van der Waals surface area contributed by atoms with E-state index in [2.05, 4.69) is 4.74 Å². The van der Waals surface area contributed by atoms with Crippen LogP contribution < -0.4 is 10.1 Å². The Morgan fingerprint density at radius 1 is 1.17 bits per heavy atom. The van der Waals surface area contributed by atoms with Crippen LogP contribution in [0.2, 0.25) is 0 Å². The average molecular weight is 364 g/mol. The molecule has 1 N–H and O–H groups in total. The Bertz CT molecular complexity index is 660. The number of carbonyl (C=O) groups is 1. The predicted molar refractivity (Wildman–Crippen MR) is 64.2 cm³/mol. The second-order valence-corrected chi connectivity index (χ2v) is 4.24. The van der Waals surface area contributed by atoms with E-state index in [1.165, 1.54) is 0 Å². The number of benzene rings is 1. The molecule has 0 aliphatic carbocycles. The highest BCUT2D eigenvalue weighted by Crippen LogP contribution is 2.47. The number of hydrogen-bond donors (Lipinski definition) is 1. The van der Waals surface area contributed by atoms with Gasteiger partial charge in [0.1, 0.15) is 5.75 Å². The number of amides is 1. The standard InChI is InChI=1S/C11H7F7N2O4/c1-24-7-4-5(20(22)23)2-3-6(7)19-8(21)9(12,13)10(14,15)11(16,17)18/h2-4H,1H3,(H,19,21). The molecule has 13 heteroatoms. The molecule has 0 fully saturated rings. The van der Waals surface area contributed by atoms with Crippen molar-refractivity contribution >= 4 is 17.3 Å². The number of nitrogens with zero attached hydrogens (tertiary/aromatic N) is 1. The van der Waals surface area contributed by atoms with E-state index in [-0.39, 0.29) is 0 Å². The van der Waals surface area contributed by atoms with Gasteiger partial charge in [-0.15, -0.1) is 0 Å². The fourth-order valence-electron chi connectivity index (χ4n) is 1.42. The molecule has 0 saturated heterocycles. The molecule has 134 valence electrons. The van der Waals surface area contributed by atoms with Crippen LogP contribution in [0.25, 0.3) is 0 Å². The molecule has 0 aliphatic rings. The van der Waals surface area contributed by atoms with E-state index in [0.29, 0.717) is 18.2 Å². The van der Waals surface area contributed by atoms with E-state index in [1.54, 1.807) is 0 Å². The second kappa shape index (κ2) is 6.13. The average Bonchev–Trinajstić information content (AvgIpc) is 2.45. The number of methoxy groups -OCH3 is 1. The van der Waals surface area contributed by atoms with E-state index in [0.717, 1.165) is 12.4 Å². The van der Waals surface area contributed by atoms with Crippen LogP contribution >= 0.6 is 0 Å². The second-order valence-electron chi connectivity index (χ2n) is 4.24. The summed E-state index contributed by atoms with van der Waals surface area (Å²) in [7, 11) is 0.900. The van der Waals surface area contributed by atoms with Gasteiger partial charge in [-0.05, 0) is 6.07 Å². The maximum Gasteiger partial charge on any atom is 0.460 e. The molecule has 0 heterocycles. The number of ether oxygens (including phenoxy) is 1. The Balaban J connectivity index is 3.17. The minimum absolute atomic E-state index is 0.594. The number of nitrogens with one attached hydrogen (secondary N) is 1. The molecule has 0 spiro atoms. The zero-order valence-electron chi connectivity index (χ0n) is 11.5. The van der Waals surface area contributed by atoms with E-state index >= 15 is 0 Å². The largest absolute Gasteiger partial charge is 0.494 e. The van der Waals surface area contributed by atoms with Crippen molar-refractivity contribution in [1.29, 1.82) is 0 Å². The highest BCUT2D eigenvalue weighted by molar-refractivity contribution is 5.98. The quantitative estimate of drug-likeness (QED) is 0.493. The van der Waals surface area contributed by atoms with Gasteiger partial charge in [-0.25, -0.2) is 0 Å². The first-order chi connectivity index (χ1) is 10.8. The third kappa shape index (κ3) is 3.33. The van der Waals surface area contributed by atoms with Gasteiger partial charge in [-0.1, -0.05) is 0 Å². The summed E-state index contributed by atoms with van der Waals surface area (Å²) in [5.74, 6) is -16.3. The van der Waals surface area contributed by atoms with Crippen LogP contribution in [0.5, 0.6) is 5.75 Å². The lowest BCUT2D eigenvalue weighted by Gasteiger charge is -2.27. The number of nitro groups is 1. The van der Waals surface area contributed by atoms with Crippen molar-refractivity contribution in [2.24, 2.45) is 0 Å². The molecule has 0 aliphatic heterocycles. The number of carbonyl (C=O) groups excluding carboxylic acids is 1. The van der Waals surface area contributed by atoms with Gasteiger partial charge in [-0.2, -0.15) is 30.7 Å². The van der Waals surface area contributed by atoms with Crippen LogP contribution in [0.1, 0.15) is 0 Å². The van der Waals surface area contributed by atoms with Gasteiger partial charge in [0.25, 0.3) is 5.69 Å². The van der Waals surface area contributed by atoms with Crippen LogP contribution in [0.4, 0.5) is 42.1 Å². The van der Waals surface area contributed by atoms with E-state index in [4.69, 9.17) is 0 Å². The van der Waals surface area contributed by atoms with E-state index < -0.39 is 46.0 Å². The van der Waals surface area contributed by atoms with Crippen molar-refractivity contribution < 1.29 is 45.2 Å². The summed E-state index contributed by atoms with van der Waals surface area (Å²) >= 11 is 0. The maximum atomic E-state index is 13.2. The third-order valence-corrected chi connectivity index (χ3v) is 2.68. The van der Waals surface area contributed by atoms with E-state index in [1.807, 2.05) is 0 Å². The number of anilines is 1. The minimum atomic E-state index is -6.67. The van der Waals surface area contributed by atoms with Crippen molar-refractivity contribution in [2.45, 2.75) is 18.0 Å². The normalized spacial score (nSPS) is 12.7.